The van der Waals surface area contributed by atoms with Crippen LogP contribution in [0.1, 0.15) is 30.7 Å². The minimum Gasteiger partial charge on any atom is -0.341 e. The number of aryl methyl sites for hydroxylation is 1. The Bertz CT molecular complexity index is 442. The summed E-state index contributed by atoms with van der Waals surface area (Å²) in [5.41, 5.74) is 1.26. The second-order valence-electron chi connectivity index (χ2n) is 5.37. The maximum Gasteiger partial charge on any atom is 0.239 e. The van der Waals surface area contributed by atoms with E-state index in [-0.39, 0.29) is 18.4 Å². The SMILES string of the molecule is Cl.Cn1cc(C2CCN(C(=O)C3CCCN3)C2)cn1. The summed E-state index contributed by atoms with van der Waals surface area (Å²) in [7, 11) is 1.93. The Labute approximate surface area is 119 Å². The van der Waals surface area contributed by atoms with Crippen LogP contribution in [0.2, 0.25) is 0 Å². The van der Waals surface area contributed by atoms with Gasteiger partial charge in [-0.15, -0.1) is 12.4 Å². The summed E-state index contributed by atoms with van der Waals surface area (Å²) in [4.78, 5) is 14.3. The molecule has 0 aromatic carbocycles. The van der Waals surface area contributed by atoms with E-state index in [4.69, 9.17) is 0 Å². The highest BCUT2D eigenvalue weighted by molar-refractivity contribution is 5.85. The van der Waals surface area contributed by atoms with Crippen LogP contribution in [-0.2, 0) is 11.8 Å². The van der Waals surface area contributed by atoms with Crippen molar-refractivity contribution in [2.45, 2.75) is 31.2 Å². The summed E-state index contributed by atoms with van der Waals surface area (Å²) in [5, 5.41) is 7.49. The quantitative estimate of drug-likeness (QED) is 0.878. The molecule has 2 saturated heterocycles. The largest absolute Gasteiger partial charge is 0.341 e. The van der Waals surface area contributed by atoms with E-state index in [1.807, 2.05) is 22.8 Å². The number of likely N-dealkylation sites (tertiary alicyclic amines) is 1. The summed E-state index contributed by atoms with van der Waals surface area (Å²) in [6, 6.07) is 0.0673. The molecule has 1 aromatic heterocycles. The molecule has 2 unspecified atom stereocenters. The normalized spacial score (nSPS) is 26.5. The molecule has 2 aliphatic heterocycles. The molecule has 6 heteroatoms. The van der Waals surface area contributed by atoms with E-state index in [1.165, 1.54) is 5.56 Å². The van der Waals surface area contributed by atoms with Crippen LogP contribution in [0, 0.1) is 0 Å². The van der Waals surface area contributed by atoms with Gasteiger partial charge < -0.3 is 10.2 Å². The van der Waals surface area contributed by atoms with Crippen molar-refractivity contribution in [3.05, 3.63) is 18.0 Å². The summed E-state index contributed by atoms with van der Waals surface area (Å²) in [6.45, 7) is 2.72. The Balaban J connectivity index is 0.00000133. The Morgan fingerprint density at radius 1 is 1.47 bits per heavy atom. The summed E-state index contributed by atoms with van der Waals surface area (Å²) in [6.07, 6.45) is 7.16. The first-order valence-electron chi connectivity index (χ1n) is 6.75. The van der Waals surface area contributed by atoms with Crippen molar-refractivity contribution in [3.63, 3.8) is 0 Å². The molecule has 0 aliphatic carbocycles. The van der Waals surface area contributed by atoms with E-state index in [2.05, 4.69) is 16.6 Å². The fourth-order valence-electron chi connectivity index (χ4n) is 3.00. The van der Waals surface area contributed by atoms with Crippen molar-refractivity contribution in [1.82, 2.24) is 20.0 Å². The van der Waals surface area contributed by atoms with Gasteiger partial charge in [-0.2, -0.15) is 5.10 Å². The van der Waals surface area contributed by atoms with E-state index >= 15 is 0 Å². The van der Waals surface area contributed by atoms with Gasteiger partial charge in [-0.3, -0.25) is 9.48 Å². The van der Waals surface area contributed by atoms with E-state index in [9.17, 15) is 4.79 Å². The number of hydrogen-bond acceptors (Lipinski definition) is 3. The Hall–Kier alpha value is -1.07. The van der Waals surface area contributed by atoms with E-state index < -0.39 is 0 Å². The minimum atomic E-state index is 0. The van der Waals surface area contributed by atoms with Crippen LogP contribution in [0.15, 0.2) is 12.4 Å². The number of nitrogens with zero attached hydrogens (tertiary/aromatic N) is 3. The van der Waals surface area contributed by atoms with Crippen LogP contribution >= 0.6 is 12.4 Å². The average molecular weight is 285 g/mol. The molecule has 106 valence electrons. The number of aromatic nitrogens is 2. The lowest BCUT2D eigenvalue weighted by Gasteiger charge is -2.20. The fraction of sp³-hybridized carbons (Fsp3) is 0.692. The first-order valence-corrected chi connectivity index (χ1v) is 6.75. The van der Waals surface area contributed by atoms with Crippen LogP contribution in [-0.4, -0.2) is 46.3 Å². The molecular formula is C13H21ClN4O. The van der Waals surface area contributed by atoms with Gasteiger partial charge in [-0.1, -0.05) is 0 Å². The van der Waals surface area contributed by atoms with Crippen LogP contribution in [0.5, 0.6) is 0 Å². The second-order valence-corrected chi connectivity index (χ2v) is 5.37. The van der Waals surface area contributed by atoms with Gasteiger partial charge in [-0.05, 0) is 31.4 Å². The van der Waals surface area contributed by atoms with Gasteiger partial charge in [0.2, 0.25) is 5.91 Å². The molecule has 0 spiro atoms. The smallest absolute Gasteiger partial charge is 0.239 e. The zero-order chi connectivity index (χ0) is 12.5. The molecule has 1 N–H and O–H groups in total. The van der Waals surface area contributed by atoms with Gasteiger partial charge in [0.25, 0.3) is 0 Å². The van der Waals surface area contributed by atoms with Crippen LogP contribution in [0.4, 0.5) is 0 Å². The minimum absolute atomic E-state index is 0. The Morgan fingerprint density at radius 3 is 2.95 bits per heavy atom. The standard InChI is InChI=1S/C13H20N4O.ClH/c1-16-8-11(7-15-16)10-4-6-17(9-10)13(18)12-3-2-5-14-12;/h7-8,10,12,14H,2-6,9H2,1H3;1H. The Kier molecular flexibility index (Phi) is 4.47. The van der Waals surface area contributed by atoms with Crippen molar-refractivity contribution in [1.29, 1.82) is 0 Å². The number of carbonyl (C=O) groups excluding carboxylic acids is 1. The molecule has 2 atom stereocenters. The molecule has 19 heavy (non-hydrogen) atoms. The number of carbonyl (C=O) groups is 1. The van der Waals surface area contributed by atoms with Gasteiger partial charge in [-0.25, -0.2) is 0 Å². The van der Waals surface area contributed by atoms with Crippen molar-refractivity contribution in [2.75, 3.05) is 19.6 Å². The summed E-state index contributed by atoms with van der Waals surface area (Å²) < 4.78 is 1.83. The molecule has 3 heterocycles. The molecule has 1 aromatic rings. The lowest BCUT2D eigenvalue weighted by molar-refractivity contribution is -0.132. The van der Waals surface area contributed by atoms with Crippen molar-refractivity contribution < 1.29 is 4.79 Å². The Morgan fingerprint density at radius 2 is 2.32 bits per heavy atom. The first-order chi connectivity index (χ1) is 8.74. The highest BCUT2D eigenvalue weighted by Gasteiger charge is 2.32. The van der Waals surface area contributed by atoms with Gasteiger partial charge in [0.1, 0.15) is 0 Å². The molecular weight excluding hydrogens is 264 g/mol. The monoisotopic (exact) mass is 284 g/mol. The third kappa shape index (κ3) is 2.92. The van der Waals surface area contributed by atoms with E-state index in [0.717, 1.165) is 38.9 Å². The van der Waals surface area contributed by atoms with Crippen LogP contribution in [0.25, 0.3) is 0 Å². The van der Waals surface area contributed by atoms with Crippen LogP contribution < -0.4 is 5.32 Å². The number of hydrogen-bond donors (Lipinski definition) is 1. The fourth-order valence-corrected chi connectivity index (χ4v) is 3.00. The molecule has 2 fully saturated rings. The lowest BCUT2D eigenvalue weighted by atomic mass is 10.0. The molecule has 0 saturated carbocycles. The van der Waals surface area contributed by atoms with Gasteiger partial charge in [0.05, 0.1) is 12.2 Å². The van der Waals surface area contributed by atoms with E-state index in [0.29, 0.717) is 11.8 Å². The summed E-state index contributed by atoms with van der Waals surface area (Å²) in [5.74, 6) is 0.753. The van der Waals surface area contributed by atoms with Crippen molar-refractivity contribution in [3.8, 4) is 0 Å². The number of nitrogens with one attached hydrogen (secondary N) is 1. The highest BCUT2D eigenvalue weighted by Crippen LogP contribution is 2.27. The van der Waals surface area contributed by atoms with Crippen molar-refractivity contribution >= 4 is 18.3 Å². The zero-order valence-corrected chi connectivity index (χ0v) is 12.0. The zero-order valence-electron chi connectivity index (χ0n) is 11.2. The lowest BCUT2D eigenvalue weighted by Crippen LogP contribution is -2.42. The second kappa shape index (κ2) is 5.92. The summed E-state index contributed by atoms with van der Waals surface area (Å²) >= 11 is 0. The molecule has 1 amide bonds. The average Bonchev–Trinajstić information content (AvgIpc) is 3.09. The molecule has 2 aliphatic rings. The van der Waals surface area contributed by atoms with Crippen LogP contribution in [0.3, 0.4) is 0 Å². The maximum atomic E-state index is 12.3. The molecule has 0 radical (unpaired) electrons. The third-order valence-corrected chi connectivity index (χ3v) is 4.05. The number of amides is 1. The molecule has 3 rings (SSSR count). The van der Waals surface area contributed by atoms with Crippen molar-refractivity contribution in [2.24, 2.45) is 7.05 Å². The van der Waals surface area contributed by atoms with Gasteiger partial charge in [0, 0.05) is 32.3 Å². The topological polar surface area (TPSA) is 50.2 Å². The number of halogens is 1. The van der Waals surface area contributed by atoms with E-state index in [1.54, 1.807) is 0 Å². The maximum absolute atomic E-state index is 12.3. The highest BCUT2D eigenvalue weighted by atomic mass is 35.5. The van der Waals surface area contributed by atoms with Gasteiger partial charge in [0.15, 0.2) is 0 Å². The van der Waals surface area contributed by atoms with Gasteiger partial charge >= 0.3 is 0 Å². The molecule has 5 nitrogen and oxygen atoms in total. The third-order valence-electron chi connectivity index (χ3n) is 4.05. The predicted octanol–water partition coefficient (Wildman–Crippen LogP) is 0.910. The predicted molar refractivity (Wildman–Crippen MR) is 75.4 cm³/mol. The first kappa shape index (κ1) is 14.3. The number of rotatable bonds is 2. The molecule has 0 bridgehead atoms.